The number of ketones is 1. The first-order valence-electron chi connectivity index (χ1n) is 7.30. The fourth-order valence-electron chi connectivity index (χ4n) is 2.44. The second-order valence-corrected chi connectivity index (χ2v) is 5.47. The lowest BCUT2D eigenvalue weighted by atomic mass is 9.92. The number of carbonyl (C=O) groups is 2. The highest BCUT2D eigenvalue weighted by Crippen LogP contribution is 2.34. The van der Waals surface area contributed by atoms with E-state index in [1.807, 2.05) is 6.92 Å². The number of rotatable bonds is 6. The molecule has 0 saturated heterocycles. The van der Waals surface area contributed by atoms with E-state index in [1.54, 1.807) is 19.1 Å². The fraction of sp³-hybridized carbons (Fsp3) is 0.438. The topological polar surface area (TPSA) is 97.2 Å². The summed E-state index contributed by atoms with van der Waals surface area (Å²) in [4.78, 5) is 22.5. The van der Waals surface area contributed by atoms with Crippen LogP contribution in [0.1, 0.15) is 31.4 Å². The van der Waals surface area contributed by atoms with Gasteiger partial charge in [0.2, 0.25) is 5.91 Å². The average molecular weight is 320 g/mol. The zero-order valence-electron chi connectivity index (χ0n) is 13.4. The summed E-state index contributed by atoms with van der Waals surface area (Å²) >= 11 is 0. The lowest BCUT2D eigenvalue weighted by Crippen LogP contribution is -2.32. The second kappa shape index (κ2) is 7.23. The van der Waals surface area contributed by atoms with E-state index in [0.717, 1.165) is 0 Å². The molecule has 1 heterocycles. The van der Waals surface area contributed by atoms with E-state index < -0.39 is 6.79 Å². The van der Waals surface area contributed by atoms with Gasteiger partial charge in [-0.15, -0.1) is 0 Å². The predicted molar refractivity (Wildman–Crippen MR) is 83.5 cm³/mol. The molecule has 0 radical (unpaired) electrons. The summed E-state index contributed by atoms with van der Waals surface area (Å²) in [5, 5.41) is 13.3. The quantitative estimate of drug-likeness (QED) is 0.766. The third kappa shape index (κ3) is 3.87. The molecule has 2 N–H and O–H groups in total. The van der Waals surface area contributed by atoms with Crippen LogP contribution in [0.15, 0.2) is 17.2 Å². The number of benzene rings is 1. The van der Waals surface area contributed by atoms with Gasteiger partial charge in [-0.1, -0.05) is 6.92 Å². The van der Waals surface area contributed by atoms with Gasteiger partial charge in [-0.05, 0) is 26.0 Å². The number of aliphatic hydroxyl groups is 1. The number of hydrazone groups is 1. The Balaban J connectivity index is 2.42. The first kappa shape index (κ1) is 17.0. The van der Waals surface area contributed by atoms with Crippen molar-refractivity contribution in [1.29, 1.82) is 0 Å². The molecule has 0 fully saturated rings. The molecule has 124 valence electrons. The van der Waals surface area contributed by atoms with Crippen molar-refractivity contribution in [1.82, 2.24) is 5.43 Å². The molecule has 7 nitrogen and oxygen atoms in total. The molecule has 1 aliphatic rings. The molecule has 1 atom stereocenters. The van der Waals surface area contributed by atoms with Gasteiger partial charge in [-0.2, -0.15) is 5.10 Å². The maximum Gasteiger partial charge on any atom is 0.240 e. The van der Waals surface area contributed by atoms with Crippen molar-refractivity contribution in [2.75, 3.05) is 13.4 Å². The maximum absolute atomic E-state index is 11.4. The van der Waals surface area contributed by atoms with Crippen molar-refractivity contribution in [3.05, 3.63) is 23.3 Å². The van der Waals surface area contributed by atoms with Crippen LogP contribution >= 0.6 is 0 Å². The van der Waals surface area contributed by atoms with Crippen LogP contribution in [-0.4, -0.2) is 35.9 Å². The standard InChI is InChI=1S/C16H20N2O5/c1-9-6-14(21)17-18-15(9)12-4-5-13(22-7-10(2)20)11(3)16(12)23-8-19/h4-5,9,19H,6-8H2,1-3H3,(H,17,21). The van der Waals surface area contributed by atoms with Gasteiger partial charge in [0.15, 0.2) is 12.6 Å². The van der Waals surface area contributed by atoms with Crippen LogP contribution in [0.25, 0.3) is 0 Å². The molecular weight excluding hydrogens is 300 g/mol. The van der Waals surface area contributed by atoms with Crippen LogP contribution < -0.4 is 14.9 Å². The number of carbonyl (C=O) groups excluding carboxylic acids is 2. The zero-order chi connectivity index (χ0) is 17.0. The number of nitrogens with zero attached hydrogens (tertiary/aromatic N) is 1. The molecule has 2 rings (SSSR count). The van der Waals surface area contributed by atoms with E-state index in [4.69, 9.17) is 14.6 Å². The van der Waals surface area contributed by atoms with Gasteiger partial charge in [-0.3, -0.25) is 9.59 Å². The summed E-state index contributed by atoms with van der Waals surface area (Å²) < 4.78 is 10.8. The molecule has 1 aromatic carbocycles. The Morgan fingerprint density at radius 2 is 2.17 bits per heavy atom. The largest absolute Gasteiger partial charge is 0.485 e. The number of hydrogen-bond acceptors (Lipinski definition) is 6. The minimum Gasteiger partial charge on any atom is -0.485 e. The summed E-state index contributed by atoms with van der Waals surface area (Å²) in [6.07, 6.45) is 0.332. The van der Waals surface area contributed by atoms with Crippen molar-refractivity contribution >= 4 is 17.4 Å². The number of hydrogen-bond donors (Lipinski definition) is 2. The summed E-state index contributed by atoms with van der Waals surface area (Å²) in [5.41, 5.74) is 4.47. The molecular formula is C16H20N2O5. The number of Topliss-reactive ketones (excluding diaryl/α,β-unsaturated/α-hetero) is 1. The third-order valence-electron chi connectivity index (χ3n) is 3.53. The van der Waals surface area contributed by atoms with Crippen LogP contribution in [0.4, 0.5) is 0 Å². The Bertz CT molecular complexity index is 654. The first-order chi connectivity index (χ1) is 10.9. The molecule has 23 heavy (non-hydrogen) atoms. The van der Waals surface area contributed by atoms with Gasteiger partial charge < -0.3 is 14.6 Å². The van der Waals surface area contributed by atoms with Crippen LogP contribution in [0.5, 0.6) is 11.5 Å². The summed E-state index contributed by atoms with van der Waals surface area (Å²) in [6, 6.07) is 3.48. The van der Waals surface area contributed by atoms with Gasteiger partial charge in [0.05, 0.1) is 5.71 Å². The Morgan fingerprint density at radius 3 is 2.78 bits per heavy atom. The van der Waals surface area contributed by atoms with Gasteiger partial charge in [0, 0.05) is 23.5 Å². The minimum atomic E-state index is -0.502. The van der Waals surface area contributed by atoms with Crippen LogP contribution in [0.3, 0.4) is 0 Å². The van der Waals surface area contributed by atoms with Crippen molar-refractivity contribution in [3.8, 4) is 11.5 Å². The van der Waals surface area contributed by atoms with E-state index in [1.165, 1.54) is 6.92 Å². The molecule has 0 aliphatic carbocycles. The monoisotopic (exact) mass is 320 g/mol. The van der Waals surface area contributed by atoms with Gasteiger partial charge >= 0.3 is 0 Å². The van der Waals surface area contributed by atoms with Gasteiger partial charge in [0.25, 0.3) is 0 Å². The van der Waals surface area contributed by atoms with Crippen molar-refractivity contribution < 1.29 is 24.2 Å². The van der Waals surface area contributed by atoms with E-state index in [0.29, 0.717) is 34.8 Å². The van der Waals surface area contributed by atoms with Crippen LogP contribution in [0.2, 0.25) is 0 Å². The lowest BCUT2D eigenvalue weighted by Gasteiger charge is -2.22. The zero-order valence-corrected chi connectivity index (χ0v) is 13.4. The van der Waals surface area contributed by atoms with Gasteiger partial charge in [0.1, 0.15) is 18.1 Å². The average Bonchev–Trinajstić information content (AvgIpc) is 2.49. The van der Waals surface area contributed by atoms with E-state index >= 15 is 0 Å². The van der Waals surface area contributed by atoms with Crippen molar-refractivity contribution in [3.63, 3.8) is 0 Å². The second-order valence-electron chi connectivity index (χ2n) is 5.47. The molecule has 0 saturated carbocycles. The number of ether oxygens (including phenoxy) is 2. The number of nitrogens with one attached hydrogen (secondary N) is 1. The number of amides is 1. The maximum atomic E-state index is 11.4. The van der Waals surface area contributed by atoms with E-state index in [-0.39, 0.29) is 24.2 Å². The highest BCUT2D eigenvalue weighted by molar-refractivity contribution is 6.07. The Labute approximate surface area is 134 Å². The first-order valence-corrected chi connectivity index (χ1v) is 7.30. The summed E-state index contributed by atoms with van der Waals surface area (Å²) in [7, 11) is 0. The van der Waals surface area contributed by atoms with E-state index in [9.17, 15) is 9.59 Å². The molecule has 0 spiro atoms. The van der Waals surface area contributed by atoms with E-state index in [2.05, 4.69) is 10.5 Å². The molecule has 1 aliphatic heterocycles. The van der Waals surface area contributed by atoms with Gasteiger partial charge in [-0.25, -0.2) is 5.43 Å². The fourth-order valence-corrected chi connectivity index (χ4v) is 2.44. The van der Waals surface area contributed by atoms with Crippen molar-refractivity contribution in [2.45, 2.75) is 27.2 Å². The number of aliphatic hydroxyl groups excluding tert-OH is 1. The smallest absolute Gasteiger partial charge is 0.240 e. The van der Waals surface area contributed by atoms with Crippen molar-refractivity contribution in [2.24, 2.45) is 11.0 Å². The summed E-state index contributed by atoms with van der Waals surface area (Å²) in [5.74, 6) is 0.624. The third-order valence-corrected chi connectivity index (χ3v) is 3.53. The molecule has 7 heteroatoms. The highest BCUT2D eigenvalue weighted by atomic mass is 16.6. The Morgan fingerprint density at radius 1 is 1.43 bits per heavy atom. The molecule has 0 bridgehead atoms. The molecule has 1 unspecified atom stereocenters. The molecule has 1 amide bonds. The van der Waals surface area contributed by atoms with Crippen LogP contribution in [0, 0.1) is 12.8 Å². The molecule has 1 aromatic rings. The summed E-state index contributed by atoms with van der Waals surface area (Å²) in [6.45, 7) is 4.58. The minimum absolute atomic E-state index is 0.0356. The normalized spacial score (nSPS) is 17.3. The Kier molecular flexibility index (Phi) is 5.33. The Hall–Kier alpha value is -2.41. The highest BCUT2D eigenvalue weighted by Gasteiger charge is 2.25. The SMILES string of the molecule is CC(=O)COc1ccc(C2=NNC(=O)CC2C)c(OCO)c1C. The lowest BCUT2D eigenvalue weighted by molar-refractivity contribution is -0.122. The molecule has 0 aromatic heterocycles. The predicted octanol–water partition coefficient (Wildman–Crippen LogP) is 1.15. The van der Waals surface area contributed by atoms with Crippen LogP contribution in [-0.2, 0) is 9.59 Å².